The van der Waals surface area contributed by atoms with Crippen LogP contribution in [0.1, 0.15) is 22.4 Å². The van der Waals surface area contributed by atoms with Gasteiger partial charge >= 0.3 is 11.9 Å². The Hall–Kier alpha value is -4.70. The van der Waals surface area contributed by atoms with Gasteiger partial charge in [-0.05, 0) is 17.7 Å². The standard InChI is InChI=1S/C22H12ClF3N6O4/c23-15-9-13(32-21(35)28-20(34)16(10-27)31-32)8-14(22(24,25)26)18(15)36-17-7-12(19(33)30-29-17)6-11-4-2-1-3-5-11/h1-5,7-9H,6H2,(H,30,33)(H,28,34,35). The zero-order chi connectivity index (χ0) is 26.0. The van der Waals surface area contributed by atoms with E-state index in [2.05, 4.69) is 15.3 Å². The molecule has 0 bridgehead atoms. The Morgan fingerprint density at radius 2 is 1.81 bits per heavy atom. The van der Waals surface area contributed by atoms with Crippen LogP contribution in [0.25, 0.3) is 5.69 Å². The zero-order valence-corrected chi connectivity index (χ0v) is 18.5. The summed E-state index contributed by atoms with van der Waals surface area (Å²) < 4.78 is 47.5. The first-order valence-corrected chi connectivity index (χ1v) is 10.3. The molecule has 14 heteroatoms. The third kappa shape index (κ3) is 5.03. The Balaban J connectivity index is 1.79. The minimum Gasteiger partial charge on any atom is -0.435 e. The maximum atomic E-state index is 13.9. The molecular weight excluding hydrogens is 505 g/mol. The molecule has 2 aromatic heterocycles. The number of alkyl halides is 3. The molecular formula is C22H12ClF3N6O4. The number of rotatable bonds is 5. The summed E-state index contributed by atoms with van der Waals surface area (Å²) in [7, 11) is 0. The number of benzene rings is 2. The van der Waals surface area contributed by atoms with Crippen LogP contribution < -0.4 is 21.5 Å². The molecule has 0 saturated heterocycles. The van der Waals surface area contributed by atoms with E-state index >= 15 is 0 Å². The largest absolute Gasteiger partial charge is 0.435 e. The fourth-order valence-electron chi connectivity index (χ4n) is 3.19. The Kier molecular flexibility index (Phi) is 6.45. The van der Waals surface area contributed by atoms with Gasteiger partial charge in [0.2, 0.25) is 11.6 Å². The highest BCUT2D eigenvalue weighted by atomic mass is 35.5. The minimum absolute atomic E-state index is 0.163. The number of aromatic amines is 2. The number of aromatic nitrogens is 5. The summed E-state index contributed by atoms with van der Waals surface area (Å²) in [5.41, 5.74) is -4.53. The van der Waals surface area contributed by atoms with Crippen molar-refractivity contribution in [3.63, 3.8) is 0 Å². The lowest BCUT2D eigenvalue weighted by Gasteiger charge is -2.17. The van der Waals surface area contributed by atoms with Crippen molar-refractivity contribution in [3.05, 3.63) is 107 Å². The van der Waals surface area contributed by atoms with Gasteiger partial charge in [-0.2, -0.15) is 23.1 Å². The summed E-state index contributed by atoms with van der Waals surface area (Å²) >= 11 is 6.09. The third-order valence-electron chi connectivity index (χ3n) is 4.81. The number of hydrogen-bond acceptors (Lipinski definition) is 7. The van der Waals surface area contributed by atoms with Crippen molar-refractivity contribution >= 4 is 11.6 Å². The first kappa shape index (κ1) is 24.4. The maximum Gasteiger partial charge on any atom is 0.420 e. The second-order valence-corrected chi connectivity index (χ2v) is 7.67. The van der Waals surface area contributed by atoms with Crippen LogP contribution in [0.4, 0.5) is 13.2 Å². The Morgan fingerprint density at radius 1 is 1.08 bits per heavy atom. The summed E-state index contributed by atoms with van der Waals surface area (Å²) in [6.07, 6.45) is -4.86. The Bertz CT molecular complexity index is 1670. The maximum absolute atomic E-state index is 13.9. The normalized spacial score (nSPS) is 11.2. The molecule has 2 heterocycles. The van der Waals surface area contributed by atoms with E-state index in [0.717, 1.165) is 11.6 Å². The Morgan fingerprint density at radius 3 is 2.47 bits per heavy atom. The van der Waals surface area contributed by atoms with Crippen molar-refractivity contribution in [2.24, 2.45) is 0 Å². The Labute approximate surface area is 203 Å². The molecule has 10 nitrogen and oxygen atoms in total. The number of hydrogen-bond donors (Lipinski definition) is 2. The van der Waals surface area contributed by atoms with Crippen molar-refractivity contribution < 1.29 is 17.9 Å². The van der Waals surface area contributed by atoms with Crippen molar-refractivity contribution in [1.82, 2.24) is 25.0 Å². The number of nitrogens with zero attached hydrogens (tertiary/aromatic N) is 4. The lowest BCUT2D eigenvalue weighted by Crippen LogP contribution is -2.33. The molecule has 2 N–H and O–H groups in total. The first-order valence-electron chi connectivity index (χ1n) is 9.92. The van der Waals surface area contributed by atoms with E-state index in [1.165, 1.54) is 12.1 Å². The highest BCUT2D eigenvalue weighted by Gasteiger charge is 2.37. The van der Waals surface area contributed by atoms with Gasteiger partial charge < -0.3 is 4.74 Å². The molecule has 2 aromatic carbocycles. The molecule has 0 aliphatic carbocycles. The molecule has 182 valence electrons. The molecule has 0 saturated carbocycles. The van der Waals surface area contributed by atoms with Crippen LogP contribution in [0, 0.1) is 11.3 Å². The van der Waals surface area contributed by atoms with E-state index in [9.17, 15) is 27.6 Å². The van der Waals surface area contributed by atoms with Gasteiger partial charge in [0.25, 0.3) is 11.1 Å². The molecule has 0 radical (unpaired) electrons. The average Bonchev–Trinajstić information content (AvgIpc) is 2.82. The third-order valence-corrected chi connectivity index (χ3v) is 5.09. The smallest absolute Gasteiger partial charge is 0.420 e. The highest BCUT2D eigenvalue weighted by Crippen LogP contribution is 2.43. The van der Waals surface area contributed by atoms with Gasteiger partial charge in [-0.1, -0.05) is 41.9 Å². The number of H-pyrrole nitrogens is 2. The summed E-state index contributed by atoms with van der Waals surface area (Å²) in [6, 6.07) is 12.9. The average molecular weight is 517 g/mol. The molecule has 0 aliphatic rings. The van der Waals surface area contributed by atoms with Crippen LogP contribution in [0.2, 0.25) is 5.02 Å². The lowest BCUT2D eigenvalue weighted by molar-refractivity contribution is -0.138. The van der Waals surface area contributed by atoms with Gasteiger partial charge in [0.1, 0.15) is 11.6 Å². The summed E-state index contributed by atoms with van der Waals surface area (Å²) in [5, 5.41) is 17.7. The number of nitrogens with one attached hydrogen (secondary N) is 2. The van der Waals surface area contributed by atoms with Gasteiger partial charge in [0.15, 0.2) is 5.75 Å². The molecule has 4 aromatic rings. The molecule has 0 aliphatic heterocycles. The second kappa shape index (κ2) is 9.51. The molecule has 0 unspecified atom stereocenters. The van der Waals surface area contributed by atoms with Gasteiger partial charge in [0, 0.05) is 18.1 Å². The first-order chi connectivity index (χ1) is 17.1. The van der Waals surface area contributed by atoms with Crippen molar-refractivity contribution in [2.45, 2.75) is 12.6 Å². The molecule has 36 heavy (non-hydrogen) atoms. The summed E-state index contributed by atoms with van der Waals surface area (Å²) in [6.45, 7) is 0. The summed E-state index contributed by atoms with van der Waals surface area (Å²) in [5.74, 6) is -1.22. The SMILES string of the molecule is N#Cc1nn(-c2cc(Cl)c(Oc3cc(Cc4ccccc4)c(=O)[nH]n3)c(C(F)(F)F)c2)c(=O)[nH]c1=O. The van der Waals surface area contributed by atoms with Crippen molar-refractivity contribution in [2.75, 3.05) is 0 Å². The van der Waals surface area contributed by atoms with E-state index in [0.29, 0.717) is 10.7 Å². The quantitative estimate of drug-likeness (QED) is 0.414. The van der Waals surface area contributed by atoms with Gasteiger partial charge in [-0.25, -0.2) is 9.89 Å². The van der Waals surface area contributed by atoms with Crippen LogP contribution in [0.3, 0.4) is 0 Å². The van der Waals surface area contributed by atoms with E-state index in [1.54, 1.807) is 35.3 Å². The molecule has 0 atom stereocenters. The molecule has 0 spiro atoms. The number of halogens is 4. The fourth-order valence-corrected chi connectivity index (χ4v) is 3.44. The van der Waals surface area contributed by atoms with E-state index in [4.69, 9.17) is 21.6 Å². The minimum atomic E-state index is -5.02. The van der Waals surface area contributed by atoms with Gasteiger partial charge in [-0.15, -0.1) is 10.2 Å². The fraction of sp³-hybridized carbons (Fsp3) is 0.0909. The second-order valence-electron chi connectivity index (χ2n) is 7.26. The van der Waals surface area contributed by atoms with E-state index < -0.39 is 50.7 Å². The van der Waals surface area contributed by atoms with Crippen LogP contribution in [-0.4, -0.2) is 25.0 Å². The van der Waals surface area contributed by atoms with Crippen LogP contribution in [-0.2, 0) is 12.6 Å². The van der Waals surface area contributed by atoms with Gasteiger partial charge in [0.05, 0.1) is 10.7 Å². The molecule has 0 amide bonds. The predicted molar refractivity (Wildman–Crippen MR) is 119 cm³/mol. The molecule has 0 fully saturated rings. The predicted octanol–water partition coefficient (Wildman–Crippen LogP) is 2.93. The zero-order valence-electron chi connectivity index (χ0n) is 17.8. The van der Waals surface area contributed by atoms with Crippen LogP contribution in [0.15, 0.2) is 62.9 Å². The lowest BCUT2D eigenvalue weighted by atomic mass is 10.1. The monoisotopic (exact) mass is 516 g/mol. The van der Waals surface area contributed by atoms with E-state index in [1.807, 2.05) is 0 Å². The van der Waals surface area contributed by atoms with E-state index in [-0.39, 0.29) is 17.9 Å². The number of ether oxygens (including phenoxy) is 1. The van der Waals surface area contributed by atoms with Crippen molar-refractivity contribution in [1.29, 1.82) is 5.26 Å². The van der Waals surface area contributed by atoms with Crippen LogP contribution >= 0.6 is 11.6 Å². The van der Waals surface area contributed by atoms with Crippen LogP contribution in [0.5, 0.6) is 11.6 Å². The summed E-state index contributed by atoms with van der Waals surface area (Å²) in [4.78, 5) is 37.6. The van der Waals surface area contributed by atoms with Crippen molar-refractivity contribution in [3.8, 4) is 23.4 Å². The topological polar surface area (TPSA) is 147 Å². The molecule has 4 rings (SSSR count). The van der Waals surface area contributed by atoms with Gasteiger partial charge in [-0.3, -0.25) is 14.6 Å². The number of nitriles is 1. The highest BCUT2D eigenvalue weighted by molar-refractivity contribution is 6.32.